The lowest BCUT2D eigenvalue weighted by molar-refractivity contribution is 0.0696. The largest absolute Gasteiger partial charge is 0.478 e. The van der Waals surface area contributed by atoms with Crippen molar-refractivity contribution in [3.63, 3.8) is 0 Å². The Morgan fingerprint density at radius 3 is 2.48 bits per heavy atom. The van der Waals surface area contributed by atoms with Crippen LogP contribution in [0.3, 0.4) is 0 Å². The van der Waals surface area contributed by atoms with Gasteiger partial charge in [-0.2, -0.15) is 5.26 Å². The zero-order valence-electron chi connectivity index (χ0n) is 11.8. The van der Waals surface area contributed by atoms with E-state index in [1.165, 1.54) is 6.07 Å². The van der Waals surface area contributed by atoms with Gasteiger partial charge in [-0.1, -0.05) is 13.8 Å². The van der Waals surface area contributed by atoms with Crippen LogP contribution < -0.4 is 5.32 Å². The van der Waals surface area contributed by atoms with Crippen molar-refractivity contribution in [1.82, 2.24) is 4.98 Å². The first-order valence-electron chi connectivity index (χ1n) is 6.52. The Morgan fingerprint density at radius 2 is 1.95 bits per heavy atom. The van der Waals surface area contributed by atoms with Crippen LogP contribution >= 0.6 is 0 Å². The molecule has 0 spiro atoms. The molecule has 2 N–H and O–H groups in total. The van der Waals surface area contributed by atoms with E-state index in [1.807, 2.05) is 19.9 Å². The number of pyridine rings is 1. The molecular weight excluding hydrogens is 266 g/mol. The van der Waals surface area contributed by atoms with E-state index >= 15 is 0 Å². The molecule has 0 radical (unpaired) electrons. The molecule has 0 unspecified atom stereocenters. The highest BCUT2D eigenvalue weighted by atomic mass is 16.4. The molecule has 0 amide bonds. The predicted octanol–water partition coefficient (Wildman–Crippen LogP) is 3.52. The van der Waals surface area contributed by atoms with Gasteiger partial charge in [0.15, 0.2) is 0 Å². The Labute approximate surface area is 122 Å². The van der Waals surface area contributed by atoms with Crippen LogP contribution in [0.15, 0.2) is 36.4 Å². The standard InChI is InChI=1S/C16H15N3O2/c1-10(2)14-7-12(16(20)21)8-15(19-14)18-13-5-3-11(9-17)4-6-13/h3-8,10H,1-2H3,(H,18,19)(H,20,21). The van der Waals surface area contributed by atoms with Gasteiger partial charge >= 0.3 is 5.97 Å². The average molecular weight is 281 g/mol. The fourth-order valence-electron chi connectivity index (χ4n) is 1.81. The zero-order valence-corrected chi connectivity index (χ0v) is 11.8. The fraction of sp³-hybridized carbons (Fsp3) is 0.188. The van der Waals surface area contributed by atoms with E-state index in [0.717, 1.165) is 5.69 Å². The van der Waals surface area contributed by atoms with E-state index in [9.17, 15) is 4.79 Å². The first kappa shape index (κ1) is 14.5. The van der Waals surface area contributed by atoms with E-state index < -0.39 is 5.97 Å². The zero-order chi connectivity index (χ0) is 15.4. The number of carboxylic acid groups (broad SMARTS) is 1. The van der Waals surface area contributed by atoms with Crippen LogP contribution in [0.25, 0.3) is 0 Å². The van der Waals surface area contributed by atoms with Crippen molar-refractivity contribution >= 4 is 17.5 Å². The van der Waals surface area contributed by atoms with E-state index in [4.69, 9.17) is 10.4 Å². The predicted molar refractivity (Wildman–Crippen MR) is 79.7 cm³/mol. The number of hydrogen-bond acceptors (Lipinski definition) is 4. The fourth-order valence-corrected chi connectivity index (χ4v) is 1.81. The van der Waals surface area contributed by atoms with Crippen LogP contribution in [0.1, 0.15) is 41.4 Å². The third-order valence-electron chi connectivity index (χ3n) is 2.97. The molecule has 0 aliphatic heterocycles. The molecule has 1 aromatic heterocycles. The van der Waals surface area contributed by atoms with E-state index in [-0.39, 0.29) is 11.5 Å². The second kappa shape index (κ2) is 6.06. The number of rotatable bonds is 4. The molecule has 0 saturated heterocycles. The Hall–Kier alpha value is -2.87. The number of benzene rings is 1. The molecule has 2 aromatic rings. The Kier molecular flexibility index (Phi) is 4.19. The van der Waals surface area contributed by atoms with Crippen LogP contribution in [-0.2, 0) is 0 Å². The average Bonchev–Trinajstić information content (AvgIpc) is 2.47. The smallest absolute Gasteiger partial charge is 0.335 e. The van der Waals surface area contributed by atoms with Crippen molar-refractivity contribution < 1.29 is 9.90 Å². The number of nitrogens with one attached hydrogen (secondary N) is 1. The highest BCUT2D eigenvalue weighted by Crippen LogP contribution is 2.21. The molecule has 0 bridgehead atoms. The van der Waals surface area contributed by atoms with Gasteiger partial charge < -0.3 is 10.4 Å². The lowest BCUT2D eigenvalue weighted by Crippen LogP contribution is -2.04. The summed E-state index contributed by atoms with van der Waals surface area (Å²) < 4.78 is 0. The molecule has 0 aliphatic carbocycles. The summed E-state index contributed by atoms with van der Waals surface area (Å²) in [6.45, 7) is 3.92. The third-order valence-corrected chi connectivity index (χ3v) is 2.97. The van der Waals surface area contributed by atoms with Gasteiger partial charge in [0, 0.05) is 11.4 Å². The molecule has 2 rings (SSSR count). The number of carbonyl (C=O) groups is 1. The van der Waals surface area contributed by atoms with Crippen molar-refractivity contribution in [2.75, 3.05) is 5.32 Å². The van der Waals surface area contributed by atoms with Gasteiger partial charge in [-0.25, -0.2) is 9.78 Å². The normalized spacial score (nSPS) is 10.2. The van der Waals surface area contributed by atoms with E-state index in [1.54, 1.807) is 30.3 Å². The van der Waals surface area contributed by atoms with Crippen LogP contribution in [0, 0.1) is 11.3 Å². The van der Waals surface area contributed by atoms with Crippen molar-refractivity contribution in [3.8, 4) is 6.07 Å². The molecule has 0 fully saturated rings. The highest BCUT2D eigenvalue weighted by molar-refractivity contribution is 5.88. The van der Waals surface area contributed by atoms with Gasteiger partial charge in [0.2, 0.25) is 0 Å². The Balaban J connectivity index is 2.34. The molecule has 0 atom stereocenters. The van der Waals surface area contributed by atoms with Gasteiger partial charge in [0.25, 0.3) is 0 Å². The maximum Gasteiger partial charge on any atom is 0.335 e. The Bertz CT molecular complexity index is 700. The van der Waals surface area contributed by atoms with Gasteiger partial charge in [-0.15, -0.1) is 0 Å². The van der Waals surface area contributed by atoms with E-state index in [0.29, 0.717) is 17.1 Å². The quantitative estimate of drug-likeness (QED) is 0.895. The minimum absolute atomic E-state index is 0.130. The van der Waals surface area contributed by atoms with Crippen molar-refractivity contribution in [2.24, 2.45) is 0 Å². The topological polar surface area (TPSA) is 86.0 Å². The molecular formula is C16H15N3O2. The lowest BCUT2D eigenvalue weighted by atomic mass is 10.1. The van der Waals surface area contributed by atoms with Crippen LogP contribution in [0.2, 0.25) is 0 Å². The number of nitrogens with zero attached hydrogens (tertiary/aromatic N) is 2. The highest BCUT2D eigenvalue weighted by Gasteiger charge is 2.11. The number of carboxylic acids is 1. The summed E-state index contributed by atoms with van der Waals surface area (Å²) in [5.41, 5.74) is 2.23. The molecule has 1 aromatic carbocycles. The number of aromatic carboxylic acids is 1. The third kappa shape index (κ3) is 3.57. The Morgan fingerprint density at radius 1 is 1.29 bits per heavy atom. The number of aromatic nitrogens is 1. The maximum absolute atomic E-state index is 11.2. The van der Waals surface area contributed by atoms with Crippen LogP contribution in [-0.4, -0.2) is 16.1 Å². The van der Waals surface area contributed by atoms with Gasteiger partial charge in [0.1, 0.15) is 5.82 Å². The number of hydrogen-bond donors (Lipinski definition) is 2. The lowest BCUT2D eigenvalue weighted by Gasteiger charge is -2.11. The molecule has 5 heteroatoms. The summed E-state index contributed by atoms with van der Waals surface area (Å²) in [6, 6.07) is 12.0. The summed E-state index contributed by atoms with van der Waals surface area (Å²) in [5.74, 6) is -0.378. The molecule has 5 nitrogen and oxygen atoms in total. The van der Waals surface area contributed by atoms with Gasteiger partial charge in [-0.05, 0) is 42.3 Å². The van der Waals surface area contributed by atoms with Crippen molar-refractivity contribution in [2.45, 2.75) is 19.8 Å². The van der Waals surface area contributed by atoms with Crippen molar-refractivity contribution in [3.05, 3.63) is 53.2 Å². The van der Waals surface area contributed by atoms with Gasteiger partial charge in [0.05, 0.1) is 17.2 Å². The van der Waals surface area contributed by atoms with Crippen LogP contribution in [0.5, 0.6) is 0 Å². The van der Waals surface area contributed by atoms with Crippen molar-refractivity contribution in [1.29, 1.82) is 5.26 Å². The maximum atomic E-state index is 11.2. The molecule has 106 valence electrons. The SMILES string of the molecule is CC(C)c1cc(C(=O)O)cc(Nc2ccc(C#N)cc2)n1. The first-order chi connectivity index (χ1) is 9.99. The second-order valence-corrected chi connectivity index (χ2v) is 4.94. The number of anilines is 2. The van der Waals surface area contributed by atoms with Gasteiger partial charge in [-0.3, -0.25) is 0 Å². The number of nitriles is 1. The molecule has 0 saturated carbocycles. The summed E-state index contributed by atoms with van der Waals surface area (Å²) in [6.07, 6.45) is 0. The minimum Gasteiger partial charge on any atom is -0.478 e. The van der Waals surface area contributed by atoms with E-state index in [2.05, 4.69) is 10.3 Å². The summed E-state index contributed by atoms with van der Waals surface area (Å²) >= 11 is 0. The van der Waals surface area contributed by atoms with Crippen LogP contribution in [0.4, 0.5) is 11.5 Å². The first-order valence-corrected chi connectivity index (χ1v) is 6.52. The second-order valence-electron chi connectivity index (χ2n) is 4.94. The summed E-state index contributed by atoms with van der Waals surface area (Å²) in [5, 5.41) is 21.0. The molecule has 1 heterocycles. The summed E-state index contributed by atoms with van der Waals surface area (Å²) in [7, 11) is 0. The molecule has 0 aliphatic rings. The minimum atomic E-state index is -0.984. The summed E-state index contributed by atoms with van der Waals surface area (Å²) in [4.78, 5) is 15.6. The monoisotopic (exact) mass is 281 g/mol. The molecule has 21 heavy (non-hydrogen) atoms.